The van der Waals surface area contributed by atoms with E-state index in [4.69, 9.17) is 9.41 Å². The first-order valence-corrected chi connectivity index (χ1v) is 16.4. The molecule has 1 aromatic heterocycles. The summed E-state index contributed by atoms with van der Waals surface area (Å²) >= 11 is 0. The molecule has 6 rings (SSSR count). The van der Waals surface area contributed by atoms with Gasteiger partial charge in [0, 0.05) is 55.3 Å². The summed E-state index contributed by atoms with van der Waals surface area (Å²) in [6.45, 7) is 4.88. The first kappa shape index (κ1) is 31.3. The summed E-state index contributed by atoms with van der Waals surface area (Å²) in [5.74, 6) is 0.200. The molecule has 0 aliphatic carbocycles. The zero-order valence-corrected chi connectivity index (χ0v) is 26.4. The van der Waals surface area contributed by atoms with Gasteiger partial charge in [-0.1, -0.05) is 18.2 Å². The maximum atomic E-state index is 13.7. The lowest BCUT2D eigenvalue weighted by atomic mass is 9.95. The van der Waals surface area contributed by atoms with Crippen LogP contribution in [0.15, 0.2) is 64.0 Å². The first-order chi connectivity index (χ1) is 22.3. The highest BCUT2D eigenvalue weighted by Crippen LogP contribution is 2.24. The van der Waals surface area contributed by atoms with Crippen LogP contribution in [0.2, 0.25) is 0 Å². The second kappa shape index (κ2) is 14.2. The number of likely N-dealkylation sites (tertiary alicyclic amines) is 3. The smallest absolute Gasteiger partial charge is 0.253 e. The highest BCUT2D eigenvalue weighted by atomic mass is 16.3. The van der Waals surface area contributed by atoms with Gasteiger partial charge in [-0.25, -0.2) is 4.99 Å². The number of hydrogen-bond acceptors (Lipinski definition) is 6. The monoisotopic (exact) mass is 626 g/mol. The van der Waals surface area contributed by atoms with Crippen molar-refractivity contribution in [3.05, 3.63) is 65.9 Å². The van der Waals surface area contributed by atoms with E-state index in [1.165, 1.54) is 0 Å². The Morgan fingerprint density at radius 3 is 2.37 bits per heavy atom. The van der Waals surface area contributed by atoms with Gasteiger partial charge in [-0.05, 0) is 88.3 Å². The average Bonchev–Trinajstić information content (AvgIpc) is 3.71. The fraction of sp³-hybridized carbons (Fsp3) is 0.457. The molecule has 0 radical (unpaired) electrons. The number of hydrogen-bond donors (Lipinski definition) is 2. The van der Waals surface area contributed by atoms with Crippen molar-refractivity contribution in [2.24, 2.45) is 10.9 Å². The maximum Gasteiger partial charge on any atom is 0.253 e. The molecule has 3 saturated heterocycles. The molecule has 4 amide bonds. The van der Waals surface area contributed by atoms with E-state index in [0.29, 0.717) is 50.1 Å². The molecule has 3 fully saturated rings. The van der Waals surface area contributed by atoms with Crippen LogP contribution in [-0.4, -0.2) is 89.6 Å². The molecule has 11 nitrogen and oxygen atoms in total. The molecule has 0 unspecified atom stereocenters. The SMILES string of the molecule is Cc1cc2cc(NC(=N[C@H]3CCCCN(CC(=O)N4CCCC4)C3=O)NC(=O)C3CCN(C(=O)c4ccccc4)CC3)ccc2o1. The number of fused-ring (bicyclic) bond motifs is 1. The number of guanidine groups is 1. The molecule has 3 aromatic rings. The Kier molecular flexibility index (Phi) is 9.65. The Balaban J connectivity index is 1.17. The number of nitrogens with one attached hydrogen (secondary N) is 2. The number of benzene rings is 2. The van der Waals surface area contributed by atoms with Gasteiger partial charge in [0.25, 0.3) is 5.91 Å². The van der Waals surface area contributed by atoms with Crippen molar-refractivity contribution in [1.82, 2.24) is 20.0 Å². The molecule has 0 bridgehead atoms. The van der Waals surface area contributed by atoms with Crippen LogP contribution < -0.4 is 10.6 Å². The minimum atomic E-state index is -0.734. The summed E-state index contributed by atoms with van der Waals surface area (Å²) in [5.41, 5.74) is 2.08. The van der Waals surface area contributed by atoms with Crippen LogP contribution in [-0.2, 0) is 14.4 Å². The summed E-state index contributed by atoms with van der Waals surface area (Å²) < 4.78 is 5.72. The third kappa shape index (κ3) is 7.41. The molecule has 46 heavy (non-hydrogen) atoms. The second-order valence-corrected chi connectivity index (χ2v) is 12.5. The normalized spacial score (nSPS) is 19.8. The largest absolute Gasteiger partial charge is 0.461 e. The zero-order valence-electron chi connectivity index (χ0n) is 26.4. The van der Waals surface area contributed by atoms with Gasteiger partial charge >= 0.3 is 0 Å². The predicted molar refractivity (Wildman–Crippen MR) is 175 cm³/mol. The molecule has 3 aliphatic rings. The number of nitrogens with zero attached hydrogens (tertiary/aromatic N) is 4. The number of furan rings is 1. The lowest BCUT2D eigenvalue weighted by Crippen LogP contribution is -2.47. The van der Waals surface area contributed by atoms with Crippen molar-refractivity contribution in [2.45, 2.75) is 57.9 Å². The number of carbonyl (C=O) groups excluding carboxylic acids is 4. The summed E-state index contributed by atoms with van der Waals surface area (Å²) in [7, 11) is 0. The molecule has 1 atom stereocenters. The van der Waals surface area contributed by atoms with Crippen LogP contribution in [0, 0.1) is 12.8 Å². The van der Waals surface area contributed by atoms with Crippen molar-refractivity contribution in [1.29, 1.82) is 0 Å². The van der Waals surface area contributed by atoms with Crippen molar-refractivity contribution >= 4 is 46.2 Å². The quantitative estimate of drug-likeness (QED) is 0.312. The number of carbonyl (C=O) groups is 4. The minimum Gasteiger partial charge on any atom is -0.461 e. The number of aliphatic imine (C=N–C) groups is 1. The van der Waals surface area contributed by atoms with Crippen LogP contribution >= 0.6 is 0 Å². The fourth-order valence-electron chi connectivity index (χ4n) is 6.56. The van der Waals surface area contributed by atoms with Gasteiger partial charge in [0.15, 0.2) is 0 Å². The topological polar surface area (TPSA) is 128 Å². The summed E-state index contributed by atoms with van der Waals surface area (Å²) in [4.78, 5) is 63.2. The van der Waals surface area contributed by atoms with Gasteiger partial charge in [0.05, 0.1) is 6.54 Å². The standard InChI is InChI=1S/C35H42N6O5/c1-24-21-27-22-28(12-13-30(27)46-24)36-35(37-29-11-5-6-18-41(34(29)45)23-31(42)39-16-7-8-17-39)38-32(43)25-14-19-40(20-15-25)33(44)26-9-3-2-4-10-26/h2-4,9-10,12-13,21-22,25,29H,5-8,11,14-20,23H2,1H3,(H2,36,37,38,43)/t29-/m0/s1. The van der Waals surface area contributed by atoms with E-state index in [0.717, 1.165) is 55.5 Å². The van der Waals surface area contributed by atoms with Crippen molar-refractivity contribution in [3.8, 4) is 0 Å². The van der Waals surface area contributed by atoms with E-state index in [-0.39, 0.29) is 42.1 Å². The fourth-order valence-corrected chi connectivity index (χ4v) is 6.56. The molecule has 2 aromatic carbocycles. The number of aryl methyl sites for hydroxylation is 1. The number of rotatable bonds is 6. The van der Waals surface area contributed by atoms with Gasteiger partial charge < -0.3 is 24.4 Å². The third-order valence-corrected chi connectivity index (χ3v) is 9.14. The van der Waals surface area contributed by atoms with E-state index in [1.54, 1.807) is 21.9 Å². The minimum absolute atomic E-state index is 0.0251. The summed E-state index contributed by atoms with van der Waals surface area (Å²) in [6, 6.07) is 16.0. The summed E-state index contributed by atoms with van der Waals surface area (Å²) in [6.07, 6.45) is 5.12. The molecular weight excluding hydrogens is 584 g/mol. The molecule has 2 N–H and O–H groups in total. The van der Waals surface area contributed by atoms with Crippen LogP contribution in [0.25, 0.3) is 11.0 Å². The van der Waals surface area contributed by atoms with E-state index >= 15 is 0 Å². The van der Waals surface area contributed by atoms with Crippen LogP contribution in [0.4, 0.5) is 5.69 Å². The van der Waals surface area contributed by atoms with Crippen LogP contribution in [0.1, 0.15) is 61.1 Å². The Morgan fingerprint density at radius 1 is 0.870 bits per heavy atom. The molecule has 4 heterocycles. The summed E-state index contributed by atoms with van der Waals surface area (Å²) in [5, 5.41) is 7.14. The number of amides is 4. The van der Waals surface area contributed by atoms with Gasteiger partial charge in [-0.15, -0.1) is 0 Å². The highest BCUT2D eigenvalue weighted by Gasteiger charge is 2.32. The molecular formula is C35H42N6O5. The van der Waals surface area contributed by atoms with E-state index in [1.807, 2.05) is 54.3 Å². The molecule has 3 aliphatic heterocycles. The third-order valence-electron chi connectivity index (χ3n) is 9.14. The van der Waals surface area contributed by atoms with Gasteiger partial charge in [-0.3, -0.25) is 24.5 Å². The highest BCUT2D eigenvalue weighted by molar-refractivity contribution is 6.06. The Hall–Kier alpha value is -4.67. The first-order valence-electron chi connectivity index (χ1n) is 16.4. The Labute approximate surface area is 269 Å². The maximum absolute atomic E-state index is 13.7. The lowest BCUT2D eigenvalue weighted by Gasteiger charge is -2.31. The molecule has 242 valence electrons. The second-order valence-electron chi connectivity index (χ2n) is 12.5. The van der Waals surface area contributed by atoms with E-state index in [2.05, 4.69) is 10.6 Å². The van der Waals surface area contributed by atoms with Crippen molar-refractivity contribution in [3.63, 3.8) is 0 Å². The molecule has 0 saturated carbocycles. The Bertz CT molecular complexity index is 1600. The van der Waals surface area contributed by atoms with Gasteiger partial charge in [-0.2, -0.15) is 0 Å². The van der Waals surface area contributed by atoms with Gasteiger partial charge in [0.1, 0.15) is 17.4 Å². The number of anilines is 1. The van der Waals surface area contributed by atoms with Crippen molar-refractivity contribution in [2.75, 3.05) is 44.6 Å². The lowest BCUT2D eigenvalue weighted by molar-refractivity contribution is -0.140. The predicted octanol–water partition coefficient (Wildman–Crippen LogP) is 4.18. The molecule has 0 spiro atoms. The van der Waals surface area contributed by atoms with Crippen LogP contribution in [0.5, 0.6) is 0 Å². The zero-order chi connectivity index (χ0) is 32.0. The molecule has 11 heteroatoms. The Morgan fingerprint density at radius 2 is 1.61 bits per heavy atom. The van der Waals surface area contributed by atoms with Crippen LogP contribution in [0.3, 0.4) is 0 Å². The average molecular weight is 627 g/mol. The number of piperidine rings is 1. The van der Waals surface area contributed by atoms with Gasteiger partial charge in [0.2, 0.25) is 23.7 Å². The van der Waals surface area contributed by atoms with E-state index in [9.17, 15) is 19.2 Å². The van der Waals surface area contributed by atoms with Crippen molar-refractivity contribution < 1.29 is 23.6 Å². The van der Waals surface area contributed by atoms with E-state index < -0.39 is 6.04 Å².